The van der Waals surface area contributed by atoms with E-state index in [9.17, 15) is 5.11 Å². The average molecular weight is 250 g/mol. The van der Waals surface area contributed by atoms with Crippen LogP contribution in [0, 0.1) is 5.92 Å². The maximum atomic E-state index is 10.2. The van der Waals surface area contributed by atoms with Crippen LogP contribution in [0.2, 0.25) is 0 Å². The van der Waals surface area contributed by atoms with Crippen LogP contribution in [-0.4, -0.2) is 32.0 Å². The van der Waals surface area contributed by atoms with Crippen LogP contribution in [0.5, 0.6) is 0 Å². The van der Waals surface area contributed by atoms with E-state index in [1.165, 1.54) is 5.56 Å². The molecule has 2 unspecified atom stereocenters. The molecule has 0 aliphatic heterocycles. The maximum absolute atomic E-state index is 10.2. The SMILES string of the molecule is COCCOCCCC1Cc2ccccc2C1O. The first-order valence-electron chi connectivity index (χ1n) is 6.65. The number of aliphatic hydroxyl groups is 1. The van der Waals surface area contributed by atoms with Crippen molar-refractivity contribution < 1.29 is 14.6 Å². The topological polar surface area (TPSA) is 38.7 Å². The number of benzene rings is 1. The summed E-state index contributed by atoms with van der Waals surface area (Å²) >= 11 is 0. The van der Waals surface area contributed by atoms with Crippen molar-refractivity contribution in [2.24, 2.45) is 5.92 Å². The number of aliphatic hydroxyl groups excluding tert-OH is 1. The van der Waals surface area contributed by atoms with E-state index < -0.39 is 0 Å². The summed E-state index contributed by atoms with van der Waals surface area (Å²) in [6.45, 7) is 2.06. The Labute approximate surface area is 109 Å². The zero-order chi connectivity index (χ0) is 12.8. The molecule has 0 spiro atoms. The third-order valence-corrected chi connectivity index (χ3v) is 3.60. The summed E-state index contributed by atoms with van der Waals surface area (Å²) in [4.78, 5) is 0. The van der Waals surface area contributed by atoms with Crippen LogP contribution in [0.25, 0.3) is 0 Å². The van der Waals surface area contributed by atoms with Gasteiger partial charge in [-0.2, -0.15) is 0 Å². The summed E-state index contributed by atoms with van der Waals surface area (Å²) < 4.78 is 10.4. The molecule has 0 saturated carbocycles. The molecular formula is C15H22O3. The van der Waals surface area contributed by atoms with Crippen molar-refractivity contribution in [1.82, 2.24) is 0 Å². The first-order valence-corrected chi connectivity index (χ1v) is 6.65. The van der Waals surface area contributed by atoms with Crippen LogP contribution in [-0.2, 0) is 15.9 Å². The molecule has 0 heterocycles. The lowest BCUT2D eigenvalue weighted by molar-refractivity contribution is 0.0609. The number of methoxy groups -OCH3 is 1. The van der Waals surface area contributed by atoms with Gasteiger partial charge in [0.15, 0.2) is 0 Å². The predicted molar refractivity (Wildman–Crippen MR) is 70.5 cm³/mol. The van der Waals surface area contributed by atoms with Crippen LogP contribution in [0.1, 0.15) is 30.1 Å². The number of hydrogen-bond acceptors (Lipinski definition) is 3. The minimum absolute atomic E-state index is 0.292. The summed E-state index contributed by atoms with van der Waals surface area (Å²) in [5.41, 5.74) is 2.41. The Balaban J connectivity index is 1.70. The number of fused-ring (bicyclic) bond motifs is 1. The molecule has 2 rings (SSSR count). The number of hydrogen-bond donors (Lipinski definition) is 1. The Kier molecular flexibility index (Phi) is 5.17. The molecule has 3 heteroatoms. The fourth-order valence-electron chi connectivity index (χ4n) is 2.61. The van der Waals surface area contributed by atoms with Crippen molar-refractivity contribution in [3.05, 3.63) is 35.4 Å². The molecule has 1 aromatic carbocycles. The van der Waals surface area contributed by atoms with E-state index >= 15 is 0 Å². The normalized spacial score (nSPS) is 22.1. The highest BCUT2D eigenvalue weighted by Gasteiger charge is 2.29. The van der Waals surface area contributed by atoms with Gasteiger partial charge in [0.25, 0.3) is 0 Å². The van der Waals surface area contributed by atoms with Gasteiger partial charge >= 0.3 is 0 Å². The van der Waals surface area contributed by atoms with Gasteiger partial charge in [0.05, 0.1) is 19.3 Å². The summed E-state index contributed by atoms with van der Waals surface area (Å²) in [7, 11) is 1.68. The monoisotopic (exact) mass is 250 g/mol. The first-order chi connectivity index (χ1) is 8.83. The Bertz CT molecular complexity index is 365. The first kappa shape index (κ1) is 13.5. The molecule has 18 heavy (non-hydrogen) atoms. The van der Waals surface area contributed by atoms with E-state index in [0.717, 1.165) is 31.4 Å². The van der Waals surface area contributed by atoms with Crippen LogP contribution < -0.4 is 0 Å². The van der Waals surface area contributed by atoms with E-state index in [1.807, 2.05) is 18.2 Å². The predicted octanol–water partition coefficient (Wildman–Crippen LogP) is 2.34. The number of rotatable bonds is 7. The largest absolute Gasteiger partial charge is 0.388 e. The van der Waals surface area contributed by atoms with Crippen LogP contribution in [0.3, 0.4) is 0 Å². The van der Waals surface area contributed by atoms with E-state index in [2.05, 4.69) is 6.07 Å². The molecular weight excluding hydrogens is 228 g/mol. The van der Waals surface area contributed by atoms with Gasteiger partial charge in [0, 0.05) is 13.7 Å². The van der Waals surface area contributed by atoms with Crippen LogP contribution in [0.15, 0.2) is 24.3 Å². The smallest absolute Gasteiger partial charge is 0.0824 e. The summed E-state index contributed by atoms with van der Waals surface area (Å²) in [5.74, 6) is 0.355. The molecule has 0 radical (unpaired) electrons. The maximum Gasteiger partial charge on any atom is 0.0824 e. The van der Waals surface area contributed by atoms with Gasteiger partial charge in [-0.15, -0.1) is 0 Å². The lowest BCUT2D eigenvalue weighted by atomic mass is 9.98. The summed E-state index contributed by atoms with van der Waals surface area (Å²) in [5, 5.41) is 10.2. The Morgan fingerprint density at radius 2 is 2.06 bits per heavy atom. The van der Waals surface area contributed by atoms with Gasteiger partial charge in [-0.1, -0.05) is 24.3 Å². The van der Waals surface area contributed by atoms with Crippen molar-refractivity contribution in [3.8, 4) is 0 Å². The minimum atomic E-state index is -0.292. The van der Waals surface area contributed by atoms with Gasteiger partial charge < -0.3 is 14.6 Å². The minimum Gasteiger partial charge on any atom is -0.388 e. The Hall–Kier alpha value is -0.900. The fourth-order valence-corrected chi connectivity index (χ4v) is 2.61. The molecule has 1 aromatic rings. The van der Waals surface area contributed by atoms with Crippen molar-refractivity contribution in [1.29, 1.82) is 0 Å². The summed E-state index contributed by atoms with van der Waals surface area (Å²) in [6, 6.07) is 8.20. The standard InChI is InChI=1S/C15H22O3/c1-17-9-10-18-8-4-6-13-11-12-5-2-3-7-14(12)15(13)16/h2-3,5,7,13,15-16H,4,6,8-11H2,1H3. The van der Waals surface area contributed by atoms with Gasteiger partial charge in [0.2, 0.25) is 0 Å². The molecule has 1 aliphatic carbocycles. The molecule has 0 aromatic heterocycles. The van der Waals surface area contributed by atoms with E-state index in [0.29, 0.717) is 19.1 Å². The van der Waals surface area contributed by atoms with Crippen LogP contribution >= 0.6 is 0 Å². The quantitative estimate of drug-likeness (QED) is 0.755. The second kappa shape index (κ2) is 6.88. The van der Waals surface area contributed by atoms with E-state index in [1.54, 1.807) is 7.11 Å². The lowest BCUT2D eigenvalue weighted by Crippen LogP contribution is -2.09. The molecule has 0 saturated heterocycles. The third kappa shape index (κ3) is 3.31. The molecule has 3 nitrogen and oxygen atoms in total. The van der Waals surface area contributed by atoms with Crippen molar-refractivity contribution in [3.63, 3.8) is 0 Å². The van der Waals surface area contributed by atoms with Gasteiger partial charge in [-0.05, 0) is 36.3 Å². The summed E-state index contributed by atoms with van der Waals surface area (Å²) in [6.07, 6.45) is 2.72. The highest BCUT2D eigenvalue weighted by atomic mass is 16.5. The highest BCUT2D eigenvalue weighted by Crippen LogP contribution is 2.38. The van der Waals surface area contributed by atoms with Gasteiger partial charge in [-0.25, -0.2) is 0 Å². The van der Waals surface area contributed by atoms with Crippen molar-refractivity contribution >= 4 is 0 Å². The molecule has 0 bridgehead atoms. The Morgan fingerprint density at radius 1 is 1.22 bits per heavy atom. The molecule has 2 atom stereocenters. The highest BCUT2D eigenvalue weighted by molar-refractivity contribution is 5.34. The van der Waals surface area contributed by atoms with Crippen molar-refractivity contribution in [2.45, 2.75) is 25.4 Å². The molecule has 0 fully saturated rings. The van der Waals surface area contributed by atoms with E-state index in [-0.39, 0.29) is 6.10 Å². The van der Waals surface area contributed by atoms with Crippen LogP contribution in [0.4, 0.5) is 0 Å². The third-order valence-electron chi connectivity index (χ3n) is 3.60. The second-order valence-electron chi connectivity index (χ2n) is 4.86. The molecule has 100 valence electrons. The second-order valence-corrected chi connectivity index (χ2v) is 4.86. The van der Waals surface area contributed by atoms with Crippen molar-refractivity contribution in [2.75, 3.05) is 26.9 Å². The zero-order valence-corrected chi connectivity index (χ0v) is 11.0. The van der Waals surface area contributed by atoms with Gasteiger partial charge in [0.1, 0.15) is 0 Å². The zero-order valence-electron chi connectivity index (χ0n) is 11.0. The molecule has 1 N–H and O–H groups in total. The average Bonchev–Trinajstić information content (AvgIpc) is 2.71. The molecule has 1 aliphatic rings. The Morgan fingerprint density at radius 3 is 2.83 bits per heavy atom. The lowest BCUT2D eigenvalue weighted by Gasteiger charge is -2.14. The fraction of sp³-hybridized carbons (Fsp3) is 0.600. The van der Waals surface area contributed by atoms with E-state index in [4.69, 9.17) is 9.47 Å². The van der Waals surface area contributed by atoms with Gasteiger partial charge in [-0.3, -0.25) is 0 Å². The molecule has 0 amide bonds. The number of ether oxygens (including phenoxy) is 2.